The van der Waals surface area contributed by atoms with Crippen LogP contribution in [0, 0.1) is 0 Å². The molecule has 0 saturated carbocycles. The summed E-state index contributed by atoms with van der Waals surface area (Å²) in [6.45, 7) is 9.03. The van der Waals surface area contributed by atoms with Gasteiger partial charge in [-0.05, 0) is 72.6 Å². The second kappa shape index (κ2) is 12.8. The second-order valence-corrected chi connectivity index (χ2v) is 12.8. The van der Waals surface area contributed by atoms with Crippen LogP contribution in [0.4, 0.5) is 0 Å². The first kappa shape index (κ1) is 29.0. The van der Waals surface area contributed by atoms with Gasteiger partial charge < -0.3 is 9.47 Å². The van der Waals surface area contributed by atoms with Gasteiger partial charge in [0.2, 0.25) is 0 Å². The van der Waals surface area contributed by atoms with E-state index in [0.717, 1.165) is 41.5 Å². The Labute approximate surface area is 223 Å². The first-order chi connectivity index (χ1) is 17.6. The molecule has 0 unspecified atom stereocenters. The number of ether oxygens (including phenoxy) is 2. The lowest BCUT2D eigenvalue weighted by atomic mass is 9.79. The lowest BCUT2D eigenvalue weighted by Crippen LogP contribution is -2.18. The van der Waals surface area contributed by atoms with Crippen molar-refractivity contribution in [1.82, 2.24) is 0 Å². The lowest BCUT2D eigenvalue weighted by Gasteiger charge is -2.26. The van der Waals surface area contributed by atoms with E-state index in [0.29, 0.717) is 29.2 Å². The van der Waals surface area contributed by atoms with Gasteiger partial charge in [-0.1, -0.05) is 71.1 Å². The molecule has 0 radical (unpaired) electrons. The van der Waals surface area contributed by atoms with Crippen LogP contribution in [0.1, 0.15) is 106 Å². The van der Waals surface area contributed by atoms with Crippen molar-refractivity contribution in [2.24, 2.45) is 0 Å². The van der Waals surface area contributed by atoms with Crippen molar-refractivity contribution in [2.75, 3.05) is 19.5 Å². The molecule has 1 aliphatic heterocycles. The van der Waals surface area contributed by atoms with Crippen LogP contribution < -0.4 is 4.74 Å². The summed E-state index contributed by atoms with van der Waals surface area (Å²) in [4.78, 5) is 12.2. The summed E-state index contributed by atoms with van der Waals surface area (Å²) in [6.07, 6.45) is 10.5. The van der Waals surface area contributed by atoms with Gasteiger partial charge in [0.25, 0.3) is 0 Å². The molecule has 1 aliphatic rings. The fourth-order valence-electron chi connectivity index (χ4n) is 4.95. The molecular formula is C31H42O5S. The Kier molecular flexibility index (Phi) is 10.00. The van der Waals surface area contributed by atoms with Crippen molar-refractivity contribution >= 4 is 27.5 Å². The minimum Gasteiger partial charge on any atom is -0.493 e. The summed E-state index contributed by atoms with van der Waals surface area (Å²) in [5.41, 5.74) is 3.93. The summed E-state index contributed by atoms with van der Waals surface area (Å²) in [5, 5.41) is 0. The van der Waals surface area contributed by atoms with Gasteiger partial charge in [-0.25, -0.2) is 13.2 Å². The van der Waals surface area contributed by atoms with Crippen LogP contribution >= 0.6 is 0 Å². The van der Waals surface area contributed by atoms with E-state index < -0.39 is 9.84 Å². The van der Waals surface area contributed by atoms with Crippen LogP contribution in [0.5, 0.6) is 5.75 Å². The van der Waals surface area contributed by atoms with Crippen molar-refractivity contribution in [3.63, 3.8) is 0 Å². The van der Waals surface area contributed by atoms with Crippen molar-refractivity contribution in [1.29, 1.82) is 0 Å². The Morgan fingerprint density at radius 1 is 1.03 bits per heavy atom. The first-order valence-corrected chi connectivity index (χ1v) is 15.2. The maximum absolute atomic E-state index is 13.2. The Morgan fingerprint density at radius 3 is 2.38 bits per heavy atom. The molecule has 0 spiro atoms. The van der Waals surface area contributed by atoms with Crippen LogP contribution in [-0.2, 0) is 20.0 Å². The maximum Gasteiger partial charge on any atom is 0.337 e. The monoisotopic (exact) mass is 526 g/mol. The summed E-state index contributed by atoms with van der Waals surface area (Å²) >= 11 is 0. The van der Waals surface area contributed by atoms with Crippen LogP contribution in [0.3, 0.4) is 0 Å². The number of esters is 1. The van der Waals surface area contributed by atoms with E-state index in [1.165, 1.54) is 32.8 Å². The molecule has 202 valence electrons. The number of hydrogen-bond acceptors (Lipinski definition) is 5. The third-order valence-corrected chi connectivity index (χ3v) is 9.09. The van der Waals surface area contributed by atoms with Gasteiger partial charge in [0.05, 0.1) is 29.9 Å². The number of hydrogen-bond donors (Lipinski definition) is 0. The third kappa shape index (κ3) is 7.47. The summed E-state index contributed by atoms with van der Waals surface area (Å²) in [5.74, 6) is 0.418. The highest BCUT2D eigenvalue weighted by molar-refractivity contribution is 7.91. The molecule has 3 rings (SSSR count). The fraction of sp³-hybridized carbons (Fsp3) is 0.516. The van der Waals surface area contributed by atoms with E-state index in [4.69, 9.17) is 9.47 Å². The minimum atomic E-state index is -3.38. The molecule has 37 heavy (non-hydrogen) atoms. The normalized spacial score (nSPS) is 16.5. The largest absolute Gasteiger partial charge is 0.493 e. The number of benzene rings is 2. The van der Waals surface area contributed by atoms with E-state index in [2.05, 4.69) is 20.8 Å². The number of allylic oxidation sites excluding steroid dienone is 1. The summed E-state index contributed by atoms with van der Waals surface area (Å²) < 4.78 is 37.4. The Morgan fingerprint density at radius 2 is 1.70 bits per heavy atom. The van der Waals surface area contributed by atoms with E-state index in [1.807, 2.05) is 31.2 Å². The number of fused-ring (bicyclic) bond motifs is 1. The van der Waals surface area contributed by atoms with Gasteiger partial charge in [0.1, 0.15) is 5.75 Å². The Balaban J connectivity index is 1.97. The average Bonchev–Trinajstić information content (AvgIpc) is 2.95. The van der Waals surface area contributed by atoms with Gasteiger partial charge >= 0.3 is 5.97 Å². The van der Waals surface area contributed by atoms with Crippen molar-refractivity contribution in [3.8, 4) is 5.75 Å². The zero-order chi connectivity index (χ0) is 27.1. The predicted octanol–water partition coefficient (Wildman–Crippen LogP) is 7.62. The van der Waals surface area contributed by atoms with Crippen molar-refractivity contribution < 1.29 is 22.7 Å². The van der Waals surface area contributed by atoms with E-state index in [9.17, 15) is 13.2 Å². The highest BCUT2D eigenvalue weighted by Crippen LogP contribution is 2.42. The summed E-state index contributed by atoms with van der Waals surface area (Å²) in [6, 6.07) is 11.0. The minimum absolute atomic E-state index is 0.168. The van der Waals surface area contributed by atoms with Crippen molar-refractivity contribution in [3.05, 3.63) is 58.7 Å². The maximum atomic E-state index is 13.2. The van der Waals surface area contributed by atoms with E-state index >= 15 is 0 Å². The van der Waals surface area contributed by atoms with Crippen LogP contribution in [0.15, 0.2) is 41.3 Å². The van der Waals surface area contributed by atoms with E-state index in [1.54, 1.807) is 18.2 Å². The molecule has 2 aromatic rings. The molecule has 6 heteroatoms. The second-order valence-electron chi connectivity index (χ2n) is 10.7. The van der Waals surface area contributed by atoms with Gasteiger partial charge in [-0.15, -0.1) is 0 Å². The molecule has 1 heterocycles. The smallest absolute Gasteiger partial charge is 0.337 e. The highest BCUT2D eigenvalue weighted by Gasteiger charge is 2.34. The van der Waals surface area contributed by atoms with Crippen molar-refractivity contribution in [2.45, 2.75) is 89.4 Å². The predicted molar refractivity (Wildman–Crippen MR) is 151 cm³/mol. The average molecular weight is 527 g/mol. The van der Waals surface area contributed by atoms with Gasteiger partial charge in [-0.3, -0.25) is 0 Å². The molecule has 2 aromatic carbocycles. The third-order valence-electron chi connectivity index (χ3n) is 7.26. The Bertz CT molecular complexity index is 1210. The summed E-state index contributed by atoms with van der Waals surface area (Å²) in [7, 11) is -2.01. The van der Waals surface area contributed by atoms with Crippen LogP contribution in [0.2, 0.25) is 0 Å². The first-order valence-electron chi connectivity index (χ1n) is 13.5. The van der Waals surface area contributed by atoms with E-state index in [-0.39, 0.29) is 17.1 Å². The van der Waals surface area contributed by atoms with Crippen LogP contribution in [-0.4, -0.2) is 33.9 Å². The number of rotatable bonds is 11. The molecular weight excluding hydrogens is 484 g/mol. The molecule has 0 atom stereocenters. The molecule has 0 amide bonds. The molecule has 0 saturated heterocycles. The fourth-order valence-corrected chi connectivity index (χ4v) is 6.65. The molecule has 0 fully saturated rings. The SMILES string of the molecule is CCCCCCCCOc1cc2c(cc1C(C)=Cc1ccc(C(=O)OC)cc1)C(C)(C)CCCS2(=O)=O. The molecule has 0 aliphatic carbocycles. The molecule has 0 N–H and O–H groups in total. The zero-order valence-electron chi connectivity index (χ0n) is 23.1. The number of sulfone groups is 1. The topological polar surface area (TPSA) is 69.7 Å². The number of carbonyl (C=O) groups is 1. The molecule has 5 nitrogen and oxygen atoms in total. The zero-order valence-corrected chi connectivity index (χ0v) is 23.9. The molecule has 0 bridgehead atoms. The quantitative estimate of drug-likeness (QED) is 0.171. The Hall–Kier alpha value is -2.60. The number of carbonyl (C=O) groups excluding carboxylic acids is 1. The van der Waals surface area contributed by atoms with Gasteiger partial charge in [0.15, 0.2) is 9.84 Å². The van der Waals surface area contributed by atoms with Gasteiger partial charge in [-0.2, -0.15) is 0 Å². The highest BCUT2D eigenvalue weighted by atomic mass is 32.2. The number of unbranched alkanes of at least 4 members (excludes halogenated alkanes) is 5. The number of methoxy groups -OCH3 is 1. The molecule has 0 aromatic heterocycles. The standard InChI is InChI=1S/C31H42O5S/c1-6-7-8-9-10-11-18-36-28-22-29-27(31(3,4)17-12-19-37(29,33)34)21-26(28)23(2)20-24-13-15-25(16-14-24)30(32)35-5/h13-16,20-22H,6-12,17-19H2,1-5H3. The lowest BCUT2D eigenvalue weighted by molar-refractivity contribution is 0.0600. The van der Waals surface area contributed by atoms with Gasteiger partial charge in [0, 0.05) is 5.56 Å². The van der Waals surface area contributed by atoms with Crippen LogP contribution in [0.25, 0.3) is 11.6 Å².